The lowest BCUT2D eigenvalue weighted by Crippen LogP contribution is -2.15. The second kappa shape index (κ2) is 20.8. The van der Waals surface area contributed by atoms with Crippen molar-refractivity contribution in [2.75, 3.05) is 0 Å². The van der Waals surface area contributed by atoms with Crippen LogP contribution in [0.2, 0.25) is 0 Å². The molecule has 0 spiro atoms. The third kappa shape index (κ3) is 7.61. The van der Waals surface area contributed by atoms with Gasteiger partial charge in [-0.15, -0.1) is 0 Å². The minimum Gasteiger partial charge on any atom is -0.456 e. The predicted molar refractivity (Wildman–Crippen MR) is 443 cm³/mol. The molecule has 2 aliphatic rings. The molecule has 4 heterocycles. The van der Waals surface area contributed by atoms with Crippen molar-refractivity contribution in [3.05, 3.63) is 326 Å². The summed E-state index contributed by atoms with van der Waals surface area (Å²) in [6, 6.07) is 112. The Hall–Kier alpha value is -13.3. The average Bonchev–Trinajstić information content (AvgIpc) is 0.959. The second-order valence-electron chi connectivity index (χ2n) is 30.7. The van der Waals surface area contributed by atoms with E-state index in [1.165, 1.54) is 143 Å². The predicted octanol–water partition coefficient (Wildman–Crippen LogP) is 29.2. The Bertz CT molecular complexity index is 7650. The fraction of sp³-hybridized carbons (Fsp3) is 0.0588. The smallest absolute Gasteiger partial charge is 0.143 e. The van der Waals surface area contributed by atoms with Gasteiger partial charge in [-0.25, -0.2) is 0 Å². The van der Waals surface area contributed by atoms with Crippen molar-refractivity contribution in [1.82, 2.24) is 0 Å². The van der Waals surface area contributed by atoms with Gasteiger partial charge < -0.3 is 17.7 Å². The van der Waals surface area contributed by atoms with Gasteiger partial charge in [-0.05, 0) is 215 Å². The van der Waals surface area contributed by atoms with Crippen molar-refractivity contribution in [1.29, 1.82) is 0 Å². The van der Waals surface area contributed by atoms with Gasteiger partial charge in [-0.3, -0.25) is 0 Å². The topological polar surface area (TPSA) is 52.6 Å². The first-order valence-corrected chi connectivity index (χ1v) is 36.9. The van der Waals surface area contributed by atoms with Crippen LogP contribution in [0.15, 0.2) is 321 Å². The summed E-state index contributed by atoms with van der Waals surface area (Å²) in [6.45, 7) is 9.62. The monoisotopic (exact) mass is 1350 g/mol. The zero-order chi connectivity index (χ0) is 69.7. The molecule has 0 fully saturated rings. The summed E-state index contributed by atoms with van der Waals surface area (Å²) in [5.41, 5.74) is 28.3. The maximum atomic E-state index is 7.41. The largest absolute Gasteiger partial charge is 0.456 e. The van der Waals surface area contributed by atoms with Crippen LogP contribution >= 0.6 is 0 Å². The van der Waals surface area contributed by atoms with Gasteiger partial charge >= 0.3 is 0 Å². The fourth-order valence-corrected chi connectivity index (χ4v) is 19.9. The molecule has 0 N–H and O–H groups in total. The van der Waals surface area contributed by atoms with Crippen LogP contribution in [0.1, 0.15) is 49.9 Å². The van der Waals surface area contributed by atoms with Gasteiger partial charge in [-0.2, -0.15) is 0 Å². The second-order valence-corrected chi connectivity index (χ2v) is 30.7. The highest BCUT2D eigenvalue weighted by Gasteiger charge is 2.41. The highest BCUT2D eigenvalue weighted by atomic mass is 16.3. The van der Waals surface area contributed by atoms with Crippen LogP contribution in [0.25, 0.3) is 230 Å². The number of hydrogen-bond donors (Lipinski definition) is 0. The van der Waals surface area contributed by atoms with Gasteiger partial charge in [0.05, 0.1) is 0 Å². The van der Waals surface area contributed by atoms with E-state index < -0.39 is 0 Å². The van der Waals surface area contributed by atoms with E-state index >= 15 is 0 Å². The molecular formula is C102H62O4. The first-order chi connectivity index (χ1) is 52.1. The zero-order valence-electron chi connectivity index (χ0n) is 58.5. The maximum absolute atomic E-state index is 7.41. The molecule has 4 nitrogen and oxygen atoms in total. The SMILES string of the molecule is CC1(C)c2cc(-c3c4ccccc4c(-c4ccc(-c5cc6oc7ccccc7c6c6c7c(ccc56)C(C)(C)c5cc(-c6c8ccccc8c(-c8ccc9oc%10ccccc%10c9c8)c8ccccc68)ccc5-7)c5oc6ccccc6c45)c4ccccc34)ccc2-c2c1ccc1ccc3c4ccccc4oc3c21. The number of furan rings is 4. The van der Waals surface area contributed by atoms with Gasteiger partial charge in [-0.1, -0.05) is 264 Å². The molecule has 2 aliphatic carbocycles. The number of para-hydroxylation sites is 4. The van der Waals surface area contributed by atoms with Crippen LogP contribution in [0.3, 0.4) is 0 Å². The molecule has 0 amide bonds. The Morgan fingerprint density at radius 2 is 0.566 bits per heavy atom. The van der Waals surface area contributed by atoms with Crippen molar-refractivity contribution in [2.24, 2.45) is 0 Å². The van der Waals surface area contributed by atoms with Crippen molar-refractivity contribution in [2.45, 2.75) is 38.5 Å². The Balaban J connectivity index is 0.694. The Morgan fingerprint density at radius 1 is 0.189 bits per heavy atom. The molecular weight excluding hydrogens is 1290 g/mol. The van der Waals surface area contributed by atoms with Crippen molar-refractivity contribution in [3.63, 3.8) is 0 Å². The first kappa shape index (κ1) is 58.2. The van der Waals surface area contributed by atoms with Crippen molar-refractivity contribution in [3.8, 4) is 77.9 Å². The zero-order valence-corrected chi connectivity index (χ0v) is 58.5. The Morgan fingerprint density at radius 3 is 1.13 bits per heavy atom. The Kier molecular flexibility index (Phi) is 11.4. The van der Waals surface area contributed by atoms with Gasteiger partial charge in [0.1, 0.15) is 44.7 Å². The van der Waals surface area contributed by atoms with Crippen LogP contribution in [-0.4, -0.2) is 0 Å². The molecule has 494 valence electrons. The van der Waals surface area contributed by atoms with Crippen LogP contribution in [0.5, 0.6) is 0 Å². The van der Waals surface area contributed by atoms with Crippen LogP contribution in [-0.2, 0) is 10.8 Å². The highest BCUT2D eigenvalue weighted by Crippen LogP contribution is 2.60. The van der Waals surface area contributed by atoms with E-state index in [-0.39, 0.29) is 10.8 Å². The number of fused-ring (bicyclic) bond motifs is 28. The summed E-state index contributed by atoms with van der Waals surface area (Å²) in [5.74, 6) is 0. The summed E-state index contributed by atoms with van der Waals surface area (Å²) < 4.78 is 27.7. The quantitative estimate of drug-likeness (QED) is 0.161. The van der Waals surface area contributed by atoms with Gasteiger partial charge in [0.15, 0.2) is 0 Å². The van der Waals surface area contributed by atoms with E-state index in [4.69, 9.17) is 17.7 Å². The lowest BCUT2D eigenvalue weighted by atomic mass is 9.79. The van der Waals surface area contributed by atoms with Gasteiger partial charge in [0, 0.05) is 70.3 Å². The minimum absolute atomic E-state index is 0.285. The molecule has 4 aromatic heterocycles. The van der Waals surface area contributed by atoms with Crippen LogP contribution in [0, 0.1) is 0 Å². The lowest BCUT2D eigenvalue weighted by Gasteiger charge is -2.23. The van der Waals surface area contributed by atoms with E-state index in [9.17, 15) is 0 Å². The van der Waals surface area contributed by atoms with Gasteiger partial charge in [0.25, 0.3) is 0 Å². The fourth-order valence-electron chi connectivity index (χ4n) is 19.9. The van der Waals surface area contributed by atoms with Crippen molar-refractivity contribution < 1.29 is 17.7 Å². The normalized spacial score (nSPS) is 13.8. The highest BCUT2D eigenvalue weighted by molar-refractivity contribution is 6.32. The standard InChI is InChI=1S/C102H62O4/c1-101(2)79-48-40-55-37-42-70-59-21-13-18-34-84(59)105-99(70)92(55)95(79)72-43-38-58(52-81(72)101)91-65-27-9-11-29-67(65)93(68-30-12-10-28-66(68)91)76-46-45-71(100-94(76)74-31-15-20-36-86(74)106-100)77-54-88-97(75-32-16-19-35-85(75)104-88)98-69(77)47-49-80-96(98)73-44-39-57(53-82(73)102(80,3)4)90-63-25-7-5-23-61(63)89(62-24-6-8-26-64(62)90)56-41-50-87-78(51-56)60-22-14-17-33-83(60)103-87/h5-54H,1-4H3. The third-order valence-corrected chi connectivity index (χ3v) is 24.6. The number of rotatable bonds is 5. The molecule has 0 unspecified atom stereocenters. The average molecular weight is 1350 g/mol. The summed E-state index contributed by atoms with van der Waals surface area (Å²) in [5, 5.41) is 23.2. The third-order valence-electron chi connectivity index (χ3n) is 24.6. The summed E-state index contributed by atoms with van der Waals surface area (Å²) >= 11 is 0. The molecule has 4 heteroatoms. The molecule has 0 radical (unpaired) electrons. The van der Waals surface area contributed by atoms with Crippen molar-refractivity contribution >= 4 is 152 Å². The molecule has 0 aliphatic heterocycles. The molecule has 22 aromatic rings. The molecule has 0 saturated carbocycles. The lowest BCUT2D eigenvalue weighted by molar-refractivity contribution is 0.660. The van der Waals surface area contributed by atoms with Gasteiger partial charge in [0.2, 0.25) is 0 Å². The van der Waals surface area contributed by atoms with E-state index in [1.54, 1.807) is 0 Å². The summed E-state index contributed by atoms with van der Waals surface area (Å²) in [7, 11) is 0. The molecule has 0 atom stereocenters. The first-order valence-electron chi connectivity index (χ1n) is 36.9. The summed E-state index contributed by atoms with van der Waals surface area (Å²) in [4.78, 5) is 0. The van der Waals surface area contributed by atoms with Crippen LogP contribution in [0.4, 0.5) is 0 Å². The molecule has 0 saturated heterocycles. The number of benzene rings is 18. The molecule has 106 heavy (non-hydrogen) atoms. The van der Waals surface area contributed by atoms with E-state index in [0.717, 1.165) is 110 Å². The summed E-state index contributed by atoms with van der Waals surface area (Å²) in [6.07, 6.45) is 0. The molecule has 18 aromatic carbocycles. The maximum Gasteiger partial charge on any atom is 0.143 e. The van der Waals surface area contributed by atoms with E-state index in [1.807, 2.05) is 6.07 Å². The molecule has 0 bridgehead atoms. The van der Waals surface area contributed by atoms with E-state index in [0.29, 0.717) is 0 Å². The minimum atomic E-state index is -0.373. The van der Waals surface area contributed by atoms with E-state index in [2.05, 4.69) is 325 Å². The molecule has 24 rings (SSSR count). The Labute approximate surface area is 608 Å². The van der Waals surface area contributed by atoms with Crippen LogP contribution < -0.4 is 0 Å². The number of hydrogen-bond acceptors (Lipinski definition) is 4.